The minimum Gasteiger partial charge on any atom is -0.493 e. The van der Waals surface area contributed by atoms with Crippen LogP contribution in [0.25, 0.3) is 0 Å². The zero-order valence-corrected chi connectivity index (χ0v) is 12.6. The van der Waals surface area contributed by atoms with Crippen molar-refractivity contribution in [1.82, 2.24) is 4.90 Å². The molecule has 1 aromatic rings. The van der Waals surface area contributed by atoms with Crippen molar-refractivity contribution >= 4 is 21.8 Å². The lowest BCUT2D eigenvalue weighted by Gasteiger charge is -2.21. The zero-order chi connectivity index (χ0) is 13.4. The molecule has 0 heterocycles. The minimum absolute atomic E-state index is 0.0440. The van der Waals surface area contributed by atoms with Crippen molar-refractivity contribution in [3.63, 3.8) is 0 Å². The summed E-state index contributed by atoms with van der Waals surface area (Å²) in [5.74, 6) is 0.713. The van der Waals surface area contributed by atoms with Crippen LogP contribution in [0.2, 0.25) is 0 Å². The molecule has 4 heteroatoms. The fourth-order valence-corrected chi connectivity index (χ4v) is 2.00. The van der Waals surface area contributed by atoms with Crippen LogP contribution in [0.1, 0.15) is 30.6 Å². The Morgan fingerprint density at radius 3 is 2.67 bits per heavy atom. The molecule has 3 nitrogen and oxygen atoms in total. The Balaban J connectivity index is 2.86. The lowest BCUT2D eigenvalue weighted by molar-refractivity contribution is 0.0761. The molecule has 0 saturated carbocycles. The van der Waals surface area contributed by atoms with Crippen LogP contribution in [0.3, 0.4) is 0 Å². The van der Waals surface area contributed by atoms with Gasteiger partial charge in [0.25, 0.3) is 5.91 Å². The summed E-state index contributed by atoms with van der Waals surface area (Å²) in [5.41, 5.74) is 0.649. The van der Waals surface area contributed by atoms with Gasteiger partial charge in [0, 0.05) is 18.4 Å². The van der Waals surface area contributed by atoms with E-state index in [0.717, 1.165) is 18.3 Å². The summed E-state index contributed by atoms with van der Waals surface area (Å²) in [6.45, 7) is 5.96. The quantitative estimate of drug-likeness (QED) is 0.723. The molecule has 0 atom stereocenters. The summed E-state index contributed by atoms with van der Waals surface area (Å²) in [7, 11) is 0. The van der Waals surface area contributed by atoms with E-state index in [2.05, 4.69) is 15.9 Å². The molecule has 100 valence electrons. The number of para-hydroxylation sites is 1. The topological polar surface area (TPSA) is 29.5 Å². The van der Waals surface area contributed by atoms with Crippen molar-refractivity contribution in [2.24, 2.45) is 0 Å². The van der Waals surface area contributed by atoms with Crippen molar-refractivity contribution in [3.8, 4) is 5.75 Å². The maximum Gasteiger partial charge on any atom is 0.257 e. The van der Waals surface area contributed by atoms with Crippen LogP contribution < -0.4 is 4.74 Å². The first-order valence-electron chi connectivity index (χ1n) is 6.31. The van der Waals surface area contributed by atoms with Gasteiger partial charge in [-0.15, -0.1) is 0 Å². The first-order chi connectivity index (χ1) is 8.74. The first kappa shape index (κ1) is 15.0. The van der Waals surface area contributed by atoms with Gasteiger partial charge in [0.05, 0.1) is 12.2 Å². The molecule has 0 unspecified atom stereocenters. The highest BCUT2D eigenvalue weighted by Gasteiger charge is 2.17. The lowest BCUT2D eigenvalue weighted by atomic mass is 10.1. The highest BCUT2D eigenvalue weighted by Crippen LogP contribution is 2.20. The number of benzene rings is 1. The van der Waals surface area contributed by atoms with Gasteiger partial charge >= 0.3 is 0 Å². The summed E-state index contributed by atoms with van der Waals surface area (Å²) in [4.78, 5) is 14.3. The standard InChI is InChI=1S/C14H20BrNO2/c1-3-16(11-7-10-15)14(17)12-8-5-6-9-13(12)18-4-2/h5-6,8-9H,3-4,7,10-11H2,1-2H3. The Labute approximate surface area is 117 Å². The number of halogens is 1. The van der Waals surface area contributed by atoms with E-state index in [9.17, 15) is 4.79 Å². The van der Waals surface area contributed by atoms with E-state index < -0.39 is 0 Å². The van der Waals surface area contributed by atoms with Crippen LogP contribution in [0.15, 0.2) is 24.3 Å². The van der Waals surface area contributed by atoms with E-state index in [1.165, 1.54) is 0 Å². The Hall–Kier alpha value is -1.03. The van der Waals surface area contributed by atoms with Crippen LogP contribution in [0.4, 0.5) is 0 Å². The van der Waals surface area contributed by atoms with Crippen LogP contribution in [-0.2, 0) is 0 Å². The number of carbonyl (C=O) groups excluding carboxylic acids is 1. The molecule has 1 rings (SSSR count). The Kier molecular flexibility index (Phi) is 6.80. The molecule has 0 fully saturated rings. The molecule has 18 heavy (non-hydrogen) atoms. The number of hydrogen-bond acceptors (Lipinski definition) is 2. The molecule has 1 aromatic carbocycles. The molecule has 0 N–H and O–H groups in total. The lowest BCUT2D eigenvalue weighted by Crippen LogP contribution is -2.32. The van der Waals surface area contributed by atoms with E-state index in [-0.39, 0.29) is 5.91 Å². The summed E-state index contributed by atoms with van der Waals surface area (Å²) in [6, 6.07) is 7.42. The first-order valence-corrected chi connectivity index (χ1v) is 7.43. The Morgan fingerprint density at radius 2 is 2.06 bits per heavy atom. The fourth-order valence-electron chi connectivity index (χ4n) is 1.75. The molecular weight excluding hydrogens is 294 g/mol. The van der Waals surface area contributed by atoms with Gasteiger partial charge in [0.15, 0.2) is 0 Å². The molecule has 0 bridgehead atoms. The van der Waals surface area contributed by atoms with Gasteiger partial charge in [-0.1, -0.05) is 28.1 Å². The summed E-state index contributed by atoms with van der Waals surface area (Å²) < 4.78 is 5.50. The van der Waals surface area contributed by atoms with Crippen molar-refractivity contribution in [2.75, 3.05) is 25.0 Å². The third-order valence-electron chi connectivity index (χ3n) is 2.65. The Bertz CT molecular complexity index is 382. The van der Waals surface area contributed by atoms with Gasteiger partial charge in [0.1, 0.15) is 5.75 Å². The zero-order valence-electron chi connectivity index (χ0n) is 11.0. The third-order valence-corrected chi connectivity index (χ3v) is 3.21. The molecular formula is C14H20BrNO2. The van der Waals surface area contributed by atoms with Crippen LogP contribution in [-0.4, -0.2) is 35.8 Å². The molecule has 0 spiro atoms. The van der Waals surface area contributed by atoms with Crippen LogP contribution in [0.5, 0.6) is 5.75 Å². The maximum absolute atomic E-state index is 12.4. The second-order valence-corrected chi connectivity index (χ2v) is 4.65. The monoisotopic (exact) mass is 313 g/mol. The minimum atomic E-state index is 0.0440. The number of rotatable bonds is 7. The average molecular weight is 314 g/mol. The maximum atomic E-state index is 12.4. The number of carbonyl (C=O) groups is 1. The number of amides is 1. The summed E-state index contributed by atoms with van der Waals surface area (Å²) in [6.07, 6.45) is 0.955. The van der Waals surface area contributed by atoms with Gasteiger partial charge in [0.2, 0.25) is 0 Å². The molecule has 0 aliphatic heterocycles. The molecule has 0 radical (unpaired) electrons. The number of hydrogen-bond donors (Lipinski definition) is 0. The van der Waals surface area contributed by atoms with Gasteiger partial charge < -0.3 is 9.64 Å². The smallest absolute Gasteiger partial charge is 0.257 e. The van der Waals surface area contributed by atoms with Gasteiger partial charge in [-0.25, -0.2) is 0 Å². The highest BCUT2D eigenvalue weighted by molar-refractivity contribution is 9.09. The van der Waals surface area contributed by atoms with Gasteiger partial charge in [-0.2, -0.15) is 0 Å². The van der Waals surface area contributed by atoms with Crippen LogP contribution in [0, 0.1) is 0 Å². The number of ether oxygens (including phenoxy) is 1. The largest absolute Gasteiger partial charge is 0.493 e. The molecule has 1 amide bonds. The number of alkyl halides is 1. The molecule has 0 saturated heterocycles. The van der Waals surface area contributed by atoms with Crippen molar-refractivity contribution in [1.29, 1.82) is 0 Å². The van der Waals surface area contributed by atoms with E-state index in [1.807, 2.05) is 43.0 Å². The SMILES string of the molecule is CCOc1ccccc1C(=O)N(CC)CCCBr. The van der Waals surface area contributed by atoms with E-state index >= 15 is 0 Å². The van der Waals surface area contributed by atoms with Crippen molar-refractivity contribution < 1.29 is 9.53 Å². The van der Waals surface area contributed by atoms with Crippen molar-refractivity contribution in [2.45, 2.75) is 20.3 Å². The summed E-state index contributed by atoms with van der Waals surface area (Å²) >= 11 is 3.39. The average Bonchev–Trinajstić information content (AvgIpc) is 2.40. The highest BCUT2D eigenvalue weighted by atomic mass is 79.9. The normalized spacial score (nSPS) is 10.2. The van der Waals surface area contributed by atoms with Crippen molar-refractivity contribution in [3.05, 3.63) is 29.8 Å². The second-order valence-electron chi connectivity index (χ2n) is 3.86. The molecule has 0 aromatic heterocycles. The van der Waals surface area contributed by atoms with E-state index in [0.29, 0.717) is 24.5 Å². The van der Waals surface area contributed by atoms with E-state index in [4.69, 9.17) is 4.74 Å². The molecule has 0 aliphatic carbocycles. The number of nitrogens with zero attached hydrogens (tertiary/aromatic N) is 1. The predicted molar refractivity (Wildman–Crippen MR) is 77.6 cm³/mol. The fraction of sp³-hybridized carbons (Fsp3) is 0.500. The van der Waals surface area contributed by atoms with Gasteiger partial charge in [-0.3, -0.25) is 4.79 Å². The van der Waals surface area contributed by atoms with Crippen LogP contribution >= 0.6 is 15.9 Å². The van der Waals surface area contributed by atoms with Gasteiger partial charge in [-0.05, 0) is 32.4 Å². The molecule has 0 aliphatic rings. The Morgan fingerprint density at radius 1 is 1.33 bits per heavy atom. The predicted octanol–water partition coefficient (Wildman–Crippen LogP) is 3.33. The summed E-state index contributed by atoms with van der Waals surface area (Å²) in [5, 5.41) is 0.907. The second kappa shape index (κ2) is 8.14. The third kappa shape index (κ3) is 4.02. The van der Waals surface area contributed by atoms with E-state index in [1.54, 1.807) is 0 Å².